The molecule has 0 radical (unpaired) electrons. The molecule has 1 N–H and O–H groups in total. The number of carbonyl (C=O) groups is 1. The van der Waals surface area contributed by atoms with Gasteiger partial charge in [0.2, 0.25) is 5.91 Å². The zero-order valence-corrected chi connectivity index (χ0v) is 19.2. The summed E-state index contributed by atoms with van der Waals surface area (Å²) in [6.07, 6.45) is 0.252. The van der Waals surface area contributed by atoms with E-state index in [1.54, 1.807) is 18.9 Å². The van der Waals surface area contributed by atoms with Gasteiger partial charge in [0.1, 0.15) is 5.75 Å². The molecule has 33 heavy (non-hydrogen) atoms. The largest absolute Gasteiger partial charge is 0.497 e. The Morgan fingerprint density at radius 2 is 1.42 bits per heavy atom. The molecule has 4 aromatic rings. The van der Waals surface area contributed by atoms with E-state index in [4.69, 9.17) is 9.57 Å². The van der Waals surface area contributed by atoms with E-state index in [1.807, 2.05) is 66.7 Å². The van der Waals surface area contributed by atoms with E-state index < -0.39 is 0 Å². The highest BCUT2D eigenvalue weighted by atomic mass is 32.2. The standard InChI is InChI=1S/C28H25NO3S/c1-31-25-15-11-22(12-16-25)23-13-17-26(18-14-23)33-27-10-6-5-9-24(27)19-28(30)29-32-20-21-7-3-2-4-8-21/h2-18H,19-20H2,1H3,(H,29,30). The van der Waals surface area contributed by atoms with Crippen LogP contribution in [0.15, 0.2) is 113 Å². The fraction of sp³-hybridized carbons (Fsp3) is 0.107. The van der Waals surface area contributed by atoms with Gasteiger partial charge in [0, 0.05) is 9.79 Å². The van der Waals surface area contributed by atoms with E-state index in [0.29, 0.717) is 6.61 Å². The maximum absolute atomic E-state index is 12.4. The number of hydrogen-bond donors (Lipinski definition) is 1. The molecule has 4 aromatic carbocycles. The Bertz CT molecular complexity index is 1180. The zero-order chi connectivity index (χ0) is 22.9. The lowest BCUT2D eigenvalue weighted by molar-refractivity contribution is -0.133. The van der Waals surface area contributed by atoms with Gasteiger partial charge < -0.3 is 4.74 Å². The van der Waals surface area contributed by atoms with E-state index in [1.165, 1.54) is 0 Å². The van der Waals surface area contributed by atoms with Gasteiger partial charge >= 0.3 is 0 Å². The molecule has 0 aliphatic heterocycles. The van der Waals surface area contributed by atoms with Gasteiger partial charge in [-0.25, -0.2) is 5.48 Å². The highest BCUT2D eigenvalue weighted by Crippen LogP contribution is 2.32. The quantitative estimate of drug-likeness (QED) is 0.301. The highest BCUT2D eigenvalue weighted by molar-refractivity contribution is 7.99. The van der Waals surface area contributed by atoms with E-state index >= 15 is 0 Å². The number of hydroxylamine groups is 1. The van der Waals surface area contributed by atoms with Gasteiger partial charge in [0.05, 0.1) is 20.1 Å². The van der Waals surface area contributed by atoms with Crippen molar-refractivity contribution in [3.05, 3.63) is 114 Å². The molecule has 0 saturated carbocycles. The van der Waals surface area contributed by atoms with E-state index in [-0.39, 0.29) is 12.3 Å². The van der Waals surface area contributed by atoms with Gasteiger partial charge in [-0.2, -0.15) is 0 Å². The van der Waals surface area contributed by atoms with Crippen molar-refractivity contribution in [3.8, 4) is 16.9 Å². The van der Waals surface area contributed by atoms with Crippen LogP contribution in [-0.4, -0.2) is 13.0 Å². The van der Waals surface area contributed by atoms with Crippen molar-refractivity contribution in [2.45, 2.75) is 22.8 Å². The van der Waals surface area contributed by atoms with E-state index in [0.717, 1.165) is 37.8 Å². The molecule has 0 atom stereocenters. The summed E-state index contributed by atoms with van der Waals surface area (Å²) in [5.74, 6) is 0.672. The van der Waals surface area contributed by atoms with Crippen LogP contribution in [0.3, 0.4) is 0 Å². The lowest BCUT2D eigenvalue weighted by Crippen LogP contribution is -2.25. The maximum atomic E-state index is 12.4. The Hall–Kier alpha value is -3.54. The SMILES string of the molecule is COc1ccc(-c2ccc(Sc3ccccc3CC(=O)NOCc3ccccc3)cc2)cc1. The summed E-state index contributed by atoms with van der Waals surface area (Å²) in [5, 5.41) is 0. The first-order chi connectivity index (χ1) is 16.2. The van der Waals surface area contributed by atoms with Gasteiger partial charge in [0.25, 0.3) is 0 Å². The smallest absolute Gasteiger partial charge is 0.248 e. The molecule has 1 amide bonds. The summed E-state index contributed by atoms with van der Waals surface area (Å²) >= 11 is 1.65. The van der Waals surface area contributed by atoms with Crippen molar-refractivity contribution in [2.75, 3.05) is 7.11 Å². The average Bonchev–Trinajstić information content (AvgIpc) is 2.86. The molecule has 4 rings (SSSR count). The van der Waals surface area contributed by atoms with Crippen LogP contribution in [0.25, 0.3) is 11.1 Å². The molecule has 4 nitrogen and oxygen atoms in total. The van der Waals surface area contributed by atoms with Crippen LogP contribution in [0.2, 0.25) is 0 Å². The molecular formula is C28H25NO3S. The molecule has 0 unspecified atom stereocenters. The Balaban J connectivity index is 1.36. The van der Waals surface area contributed by atoms with E-state index in [9.17, 15) is 4.79 Å². The lowest BCUT2D eigenvalue weighted by atomic mass is 10.1. The van der Waals surface area contributed by atoms with Crippen LogP contribution in [0.4, 0.5) is 0 Å². The maximum Gasteiger partial charge on any atom is 0.248 e. The fourth-order valence-electron chi connectivity index (χ4n) is 3.36. The summed E-state index contributed by atoms with van der Waals surface area (Å²) in [6, 6.07) is 34.1. The Labute approximate surface area is 198 Å². The van der Waals surface area contributed by atoms with Crippen molar-refractivity contribution in [1.82, 2.24) is 5.48 Å². The van der Waals surface area contributed by atoms with Gasteiger partial charge in [-0.05, 0) is 52.6 Å². The van der Waals surface area contributed by atoms with Crippen LogP contribution < -0.4 is 10.2 Å². The molecule has 0 aliphatic carbocycles. The molecule has 5 heteroatoms. The number of amides is 1. The minimum Gasteiger partial charge on any atom is -0.497 e. The van der Waals surface area contributed by atoms with Crippen LogP contribution in [-0.2, 0) is 22.7 Å². The second-order valence-corrected chi connectivity index (χ2v) is 8.55. The second kappa shape index (κ2) is 11.4. The van der Waals surface area contributed by atoms with Gasteiger partial charge in [-0.3, -0.25) is 9.63 Å². The molecule has 0 aliphatic rings. The highest BCUT2D eigenvalue weighted by Gasteiger charge is 2.10. The normalized spacial score (nSPS) is 10.6. The Morgan fingerprint density at radius 1 is 0.788 bits per heavy atom. The molecule has 0 bridgehead atoms. The first-order valence-corrected chi connectivity index (χ1v) is 11.5. The van der Waals surface area contributed by atoms with Crippen molar-refractivity contribution in [3.63, 3.8) is 0 Å². The molecule has 0 fully saturated rings. The van der Waals surface area contributed by atoms with E-state index in [2.05, 4.69) is 41.9 Å². The molecule has 0 spiro atoms. The van der Waals surface area contributed by atoms with Crippen molar-refractivity contribution in [1.29, 1.82) is 0 Å². The number of nitrogens with one attached hydrogen (secondary N) is 1. The van der Waals surface area contributed by atoms with Crippen molar-refractivity contribution < 1.29 is 14.4 Å². The van der Waals surface area contributed by atoms with Crippen molar-refractivity contribution >= 4 is 17.7 Å². The topological polar surface area (TPSA) is 47.6 Å². The Kier molecular flexibility index (Phi) is 7.80. The average molecular weight is 456 g/mol. The summed E-state index contributed by atoms with van der Waals surface area (Å²) in [5.41, 5.74) is 6.80. The second-order valence-electron chi connectivity index (χ2n) is 7.44. The summed E-state index contributed by atoms with van der Waals surface area (Å²) in [7, 11) is 1.67. The molecule has 0 aromatic heterocycles. The predicted octanol–water partition coefficient (Wildman–Crippen LogP) is 6.30. The number of ether oxygens (including phenoxy) is 1. The number of rotatable bonds is 9. The van der Waals surface area contributed by atoms with Crippen LogP contribution in [0.5, 0.6) is 5.75 Å². The Morgan fingerprint density at radius 3 is 2.12 bits per heavy atom. The first kappa shape index (κ1) is 22.6. The number of carbonyl (C=O) groups excluding carboxylic acids is 1. The molecule has 0 heterocycles. The predicted molar refractivity (Wildman–Crippen MR) is 132 cm³/mol. The first-order valence-electron chi connectivity index (χ1n) is 10.7. The summed E-state index contributed by atoms with van der Waals surface area (Å²) < 4.78 is 5.23. The minimum atomic E-state index is -0.172. The molecule has 0 saturated heterocycles. The monoisotopic (exact) mass is 455 g/mol. The van der Waals surface area contributed by atoms with Crippen LogP contribution in [0, 0.1) is 0 Å². The van der Waals surface area contributed by atoms with Gasteiger partial charge in [-0.1, -0.05) is 84.6 Å². The van der Waals surface area contributed by atoms with Crippen LogP contribution in [0.1, 0.15) is 11.1 Å². The number of methoxy groups -OCH3 is 1. The third-order valence-electron chi connectivity index (χ3n) is 5.10. The minimum absolute atomic E-state index is 0.172. The molecule has 166 valence electrons. The van der Waals surface area contributed by atoms with Crippen molar-refractivity contribution in [2.24, 2.45) is 0 Å². The molecular weight excluding hydrogens is 430 g/mol. The summed E-state index contributed by atoms with van der Waals surface area (Å²) in [4.78, 5) is 19.9. The fourth-order valence-corrected chi connectivity index (χ4v) is 4.30. The van der Waals surface area contributed by atoms with Crippen LogP contribution >= 0.6 is 11.8 Å². The summed E-state index contributed by atoms with van der Waals surface area (Å²) in [6.45, 7) is 0.337. The lowest BCUT2D eigenvalue weighted by Gasteiger charge is -2.11. The third-order valence-corrected chi connectivity index (χ3v) is 6.22. The number of hydrogen-bond acceptors (Lipinski definition) is 4. The number of benzene rings is 4. The zero-order valence-electron chi connectivity index (χ0n) is 18.4. The third kappa shape index (κ3) is 6.48. The van der Waals surface area contributed by atoms with Gasteiger partial charge in [0.15, 0.2) is 0 Å². The van der Waals surface area contributed by atoms with Gasteiger partial charge in [-0.15, -0.1) is 0 Å².